The Labute approximate surface area is 167 Å². The smallest absolute Gasteiger partial charge is 0.216 e. The molecule has 142 valence electrons. The highest BCUT2D eigenvalue weighted by Crippen LogP contribution is 2.57. The van der Waals surface area contributed by atoms with E-state index in [2.05, 4.69) is 34.5 Å². The molecule has 0 saturated heterocycles. The predicted octanol–water partition coefficient (Wildman–Crippen LogP) is 3.31. The fourth-order valence-corrected chi connectivity index (χ4v) is 3.88. The van der Waals surface area contributed by atoms with E-state index in [9.17, 15) is 0 Å². The van der Waals surface area contributed by atoms with E-state index >= 15 is 0 Å². The third-order valence-corrected chi connectivity index (χ3v) is 5.54. The molecule has 25 heavy (non-hydrogen) atoms. The maximum absolute atomic E-state index is 5.93. The highest BCUT2D eigenvalue weighted by molar-refractivity contribution is 14.0. The van der Waals surface area contributed by atoms with Crippen molar-refractivity contribution in [1.82, 2.24) is 15.6 Å². The quantitative estimate of drug-likeness (QED) is 0.386. The molecule has 0 amide bonds. The number of rotatable bonds is 6. The van der Waals surface area contributed by atoms with Crippen LogP contribution < -0.4 is 10.6 Å². The summed E-state index contributed by atoms with van der Waals surface area (Å²) in [5, 5.41) is 6.95. The van der Waals surface area contributed by atoms with Gasteiger partial charge in [0.1, 0.15) is 12.3 Å². The normalized spacial score (nSPS) is 24.2. The van der Waals surface area contributed by atoms with Crippen molar-refractivity contribution < 1.29 is 9.15 Å². The number of guanidine groups is 1. The summed E-state index contributed by atoms with van der Waals surface area (Å²) in [6.45, 7) is 10.1. The molecule has 1 aromatic heterocycles. The Morgan fingerprint density at radius 2 is 2.12 bits per heavy atom. The van der Waals surface area contributed by atoms with Crippen LogP contribution in [0, 0.1) is 19.3 Å². The Morgan fingerprint density at radius 1 is 1.36 bits per heavy atom. The first-order valence-electron chi connectivity index (χ1n) is 9.18. The molecule has 2 aliphatic rings. The lowest BCUT2D eigenvalue weighted by Gasteiger charge is -2.61. The maximum Gasteiger partial charge on any atom is 0.216 e. The van der Waals surface area contributed by atoms with Gasteiger partial charge in [-0.05, 0) is 47.0 Å². The zero-order valence-corrected chi connectivity index (χ0v) is 18.1. The van der Waals surface area contributed by atoms with Crippen LogP contribution in [0.5, 0.6) is 0 Å². The molecule has 1 spiro atoms. The summed E-state index contributed by atoms with van der Waals surface area (Å²) in [5.41, 5.74) is 1.26. The van der Waals surface area contributed by atoms with Gasteiger partial charge < -0.3 is 19.8 Å². The van der Waals surface area contributed by atoms with Gasteiger partial charge in [-0.3, -0.25) is 0 Å². The minimum absolute atomic E-state index is 0. The number of aryl methyl sites for hydroxylation is 2. The van der Waals surface area contributed by atoms with E-state index in [0.717, 1.165) is 37.0 Å². The number of nitrogens with one attached hydrogen (secondary N) is 2. The first kappa shape index (κ1) is 20.5. The second-order valence-corrected chi connectivity index (χ2v) is 6.91. The average molecular weight is 462 g/mol. The van der Waals surface area contributed by atoms with Crippen molar-refractivity contribution in [2.45, 2.75) is 72.1 Å². The Morgan fingerprint density at radius 3 is 2.64 bits per heavy atom. The molecule has 2 N–H and O–H groups in total. The monoisotopic (exact) mass is 462 g/mol. The third-order valence-electron chi connectivity index (χ3n) is 5.54. The van der Waals surface area contributed by atoms with Gasteiger partial charge in [0.15, 0.2) is 5.96 Å². The lowest BCUT2D eigenvalue weighted by molar-refractivity contribution is -0.168. The van der Waals surface area contributed by atoms with Crippen molar-refractivity contribution in [2.75, 3.05) is 13.2 Å². The summed E-state index contributed by atoms with van der Waals surface area (Å²) in [4.78, 5) is 9.05. The summed E-state index contributed by atoms with van der Waals surface area (Å²) in [6.07, 6.45) is 5.30. The fraction of sp³-hybridized carbons (Fsp3) is 0.778. The van der Waals surface area contributed by atoms with Crippen LogP contribution in [0.25, 0.3) is 0 Å². The molecular weight excluding hydrogens is 431 g/mol. The van der Waals surface area contributed by atoms with Crippen LogP contribution in [0.1, 0.15) is 56.9 Å². The van der Waals surface area contributed by atoms with Gasteiger partial charge in [-0.25, -0.2) is 9.98 Å². The molecule has 2 aliphatic carbocycles. The van der Waals surface area contributed by atoms with Gasteiger partial charge in [-0.15, -0.1) is 24.0 Å². The van der Waals surface area contributed by atoms with Crippen molar-refractivity contribution in [3.8, 4) is 0 Å². The summed E-state index contributed by atoms with van der Waals surface area (Å²) < 4.78 is 11.5. The highest BCUT2D eigenvalue weighted by atomic mass is 127. The molecule has 2 atom stereocenters. The molecule has 6 nitrogen and oxygen atoms in total. The summed E-state index contributed by atoms with van der Waals surface area (Å²) in [5.74, 6) is 2.38. The molecule has 7 heteroatoms. The third kappa shape index (κ3) is 4.13. The average Bonchev–Trinajstić information content (AvgIpc) is 2.80. The van der Waals surface area contributed by atoms with Crippen LogP contribution in [0.4, 0.5) is 0 Å². The minimum Gasteiger partial charge on any atom is -0.444 e. The maximum atomic E-state index is 5.93. The van der Waals surface area contributed by atoms with E-state index in [1.807, 2.05) is 13.8 Å². The number of nitrogens with zero attached hydrogens (tertiary/aromatic N) is 2. The number of aliphatic imine (C=N–C) groups is 1. The second kappa shape index (κ2) is 8.70. The van der Waals surface area contributed by atoms with Crippen molar-refractivity contribution in [2.24, 2.45) is 10.4 Å². The zero-order valence-electron chi connectivity index (χ0n) is 15.7. The molecule has 2 fully saturated rings. The van der Waals surface area contributed by atoms with Gasteiger partial charge in [0.2, 0.25) is 5.89 Å². The number of hydrogen-bond donors (Lipinski definition) is 2. The molecule has 2 saturated carbocycles. The van der Waals surface area contributed by atoms with E-state index in [1.54, 1.807) is 0 Å². The lowest BCUT2D eigenvalue weighted by atomic mass is 9.51. The van der Waals surface area contributed by atoms with Gasteiger partial charge in [-0.1, -0.05) is 6.42 Å². The number of oxazole rings is 1. The SMILES string of the molecule is CCNC(=NCc1nc(C)c(C)o1)NC1CC(OCC)C12CCC2.I. The van der Waals surface area contributed by atoms with Gasteiger partial charge in [0, 0.05) is 24.6 Å². The van der Waals surface area contributed by atoms with Crippen molar-refractivity contribution >= 4 is 29.9 Å². The van der Waals surface area contributed by atoms with Gasteiger partial charge in [-0.2, -0.15) is 0 Å². The van der Waals surface area contributed by atoms with Crippen LogP contribution in [0.15, 0.2) is 9.41 Å². The topological polar surface area (TPSA) is 71.7 Å². The molecule has 0 aliphatic heterocycles. The second-order valence-electron chi connectivity index (χ2n) is 6.91. The molecule has 2 unspecified atom stereocenters. The van der Waals surface area contributed by atoms with Crippen molar-refractivity contribution in [3.63, 3.8) is 0 Å². The molecular formula is C18H31IN4O2. The zero-order chi connectivity index (χ0) is 17.2. The number of halogens is 1. The lowest BCUT2D eigenvalue weighted by Crippen LogP contribution is -2.68. The van der Waals surface area contributed by atoms with E-state index in [-0.39, 0.29) is 24.0 Å². The van der Waals surface area contributed by atoms with Crippen LogP contribution in [-0.2, 0) is 11.3 Å². The molecule has 0 radical (unpaired) electrons. The Bertz CT molecular complexity index is 578. The first-order chi connectivity index (χ1) is 11.6. The number of ether oxygens (including phenoxy) is 1. The fourth-order valence-electron chi connectivity index (χ4n) is 3.88. The summed E-state index contributed by atoms with van der Waals surface area (Å²) in [7, 11) is 0. The number of hydrogen-bond acceptors (Lipinski definition) is 4. The van der Waals surface area contributed by atoms with Crippen LogP contribution >= 0.6 is 24.0 Å². The van der Waals surface area contributed by atoms with E-state index < -0.39 is 0 Å². The van der Waals surface area contributed by atoms with Crippen LogP contribution in [0.3, 0.4) is 0 Å². The summed E-state index contributed by atoms with van der Waals surface area (Å²) >= 11 is 0. The predicted molar refractivity (Wildman–Crippen MR) is 109 cm³/mol. The van der Waals surface area contributed by atoms with Crippen LogP contribution in [0.2, 0.25) is 0 Å². The number of aromatic nitrogens is 1. The highest BCUT2D eigenvalue weighted by Gasteiger charge is 2.59. The van der Waals surface area contributed by atoms with Crippen molar-refractivity contribution in [3.05, 3.63) is 17.3 Å². The van der Waals surface area contributed by atoms with E-state index in [0.29, 0.717) is 30.0 Å². The van der Waals surface area contributed by atoms with Crippen LogP contribution in [-0.4, -0.2) is 36.2 Å². The van der Waals surface area contributed by atoms with E-state index in [4.69, 9.17) is 9.15 Å². The Hall–Kier alpha value is -0.830. The van der Waals surface area contributed by atoms with Gasteiger partial charge in [0.25, 0.3) is 0 Å². The van der Waals surface area contributed by atoms with Crippen molar-refractivity contribution in [1.29, 1.82) is 0 Å². The van der Waals surface area contributed by atoms with Gasteiger partial charge >= 0.3 is 0 Å². The summed E-state index contributed by atoms with van der Waals surface area (Å²) in [6, 6.07) is 0.452. The van der Waals surface area contributed by atoms with E-state index in [1.165, 1.54) is 19.3 Å². The first-order valence-corrected chi connectivity index (χ1v) is 9.18. The van der Waals surface area contributed by atoms with Gasteiger partial charge in [0.05, 0.1) is 11.8 Å². The minimum atomic E-state index is 0. The molecule has 1 heterocycles. The molecule has 0 aromatic carbocycles. The largest absolute Gasteiger partial charge is 0.444 e. The Balaban J connectivity index is 0.00000225. The Kier molecular flexibility index (Phi) is 7.13. The molecule has 3 rings (SSSR count). The molecule has 0 bridgehead atoms. The standard InChI is InChI=1S/C18H30N4O2.HI/c1-5-19-17(20-11-16-21-12(3)13(4)24-16)22-14-10-15(23-6-2)18(14)8-7-9-18;/h14-15H,5-11H2,1-4H3,(H2,19,20,22);1H. The molecule has 1 aromatic rings.